The van der Waals surface area contributed by atoms with Crippen LogP contribution in [0.15, 0.2) is 0 Å². The summed E-state index contributed by atoms with van der Waals surface area (Å²) in [6, 6.07) is 0. The Kier molecular flexibility index (Phi) is 49.4. The third-order valence-corrected chi connectivity index (χ3v) is 1.78. The molecule has 0 fully saturated rings. The maximum atomic E-state index is 2.30. The summed E-state index contributed by atoms with van der Waals surface area (Å²) in [5, 5.41) is 0. The van der Waals surface area contributed by atoms with E-state index >= 15 is 0 Å². The molecule has 0 heteroatoms. The van der Waals surface area contributed by atoms with Gasteiger partial charge in [-0.1, -0.05) is 82.1 Å². The van der Waals surface area contributed by atoms with Crippen LogP contribution in [0.25, 0.3) is 0 Å². The second-order valence-corrected chi connectivity index (χ2v) is 3.34. The van der Waals surface area contributed by atoms with Gasteiger partial charge in [0.2, 0.25) is 0 Å². The lowest BCUT2D eigenvalue weighted by molar-refractivity contribution is 0.407. The van der Waals surface area contributed by atoms with E-state index in [4.69, 9.17) is 0 Å². The first kappa shape index (κ1) is 23.7. The summed E-state index contributed by atoms with van der Waals surface area (Å²) in [7, 11) is 0. The monoisotopic (exact) mass is 204 g/mol. The Morgan fingerprint density at radius 3 is 0.929 bits per heavy atom. The summed E-state index contributed by atoms with van der Waals surface area (Å²) < 4.78 is 0. The highest BCUT2D eigenvalue weighted by Gasteiger charge is 2.01. The van der Waals surface area contributed by atoms with Gasteiger partial charge in [-0.3, -0.25) is 0 Å². The van der Waals surface area contributed by atoms with E-state index in [-0.39, 0.29) is 0 Å². The summed E-state index contributed by atoms with van der Waals surface area (Å²) in [4.78, 5) is 0. The van der Waals surface area contributed by atoms with Gasteiger partial charge in [0.15, 0.2) is 0 Å². The normalized spacial score (nSPS) is 9.64. The van der Waals surface area contributed by atoms with Crippen molar-refractivity contribution in [2.45, 2.75) is 82.1 Å². The van der Waals surface area contributed by atoms with Crippen molar-refractivity contribution in [1.29, 1.82) is 0 Å². The van der Waals surface area contributed by atoms with Crippen molar-refractivity contribution in [3.8, 4) is 0 Å². The fourth-order valence-corrected chi connectivity index (χ4v) is 0.471. The molecule has 92 valence electrons. The topological polar surface area (TPSA) is 0 Å². The molecule has 0 aliphatic rings. The van der Waals surface area contributed by atoms with Gasteiger partial charge in [-0.05, 0) is 11.8 Å². The van der Waals surface area contributed by atoms with Crippen molar-refractivity contribution in [1.82, 2.24) is 0 Å². The molecule has 0 heterocycles. The van der Waals surface area contributed by atoms with Crippen molar-refractivity contribution in [3.05, 3.63) is 0 Å². The van der Waals surface area contributed by atoms with Crippen LogP contribution >= 0.6 is 0 Å². The molecule has 0 nitrogen and oxygen atoms in total. The molecular formula is C14H36. The minimum Gasteiger partial charge on any atom is -0.0683 e. The molecule has 0 spiro atoms. The molecule has 0 aromatic rings. The van der Waals surface area contributed by atoms with Crippen LogP contribution in [0.5, 0.6) is 0 Å². The van der Waals surface area contributed by atoms with E-state index in [2.05, 4.69) is 41.5 Å². The molecule has 0 N–H and O–H groups in total. The van der Waals surface area contributed by atoms with Crippen LogP contribution in [0.2, 0.25) is 0 Å². The molecular weight excluding hydrogens is 168 g/mol. The highest BCUT2D eigenvalue weighted by atomic mass is 14.1. The summed E-state index contributed by atoms with van der Waals surface area (Å²) >= 11 is 0. The van der Waals surface area contributed by atoms with Gasteiger partial charge >= 0.3 is 0 Å². The van der Waals surface area contributed by atoms with Crippen molar-refractivity contribution in [2.24, 2.45) is 11.8 Å². The highest BCUT2D eigenvalue weighted by molar-refractivity contribution is 4.52. The lowest BCUT2D eigenvalue weighted by Crippen LogP contribution is -2.00. The Balaban J connectivity index is -0.0000000603. The SMILES string of the molecule is CC.CC.CCC.CCC(C)C(C)C. The molecule has 0 rings (SSSR count). The Bertz CT molecular complexity index is 46.0. The van der Waals surface area contributed by atoms with Crippen molar-refractivity contribution < 1.29 is 0 Å². The largest absolute Gasteiger partial charge is 0.0683 e. The molecule has 1 atom stereocenters. The Hall–Kier alpha value is 0. The molecule has 0 bridgehead atoms. The minimum atomic E-state index is 0.866. The zero-order valence-corrected chi connectivity index (χ0v) is 12.6. The summed E-state index contributed by atoms with van der Waals surface area (Å²) in [5.74, 6) is 1.77. The average molecular weight is 204 g/mol. The molecule has 0 amide bonds. The summed E-state index contributed by atoms with van der Waals surface area (Å²) in [6.45, 7) is 21.3. The Morgan fingerprint density at radius 1 is 0.714 bits per heavy atom. The Morgan fingerprint density at radius 2 is 0.929 bits per heavy atom. The number of rotatable bonds is 2. The van der Waals surface area contributed by atoms with Crippen molar-refractivity contribution >= 4 is 0 Å². The van der Waals surface area contributed by atoms with Gasteiger partial charge in [0, 0.05) is 0 Å². The van der Waals surface area contributed by atoms with Crippen molar-refractivity contribution in [3.63, 3.8) is 0 Å². The van der Waals surface area contributed by atoms with Crippen LogP contribution in [0.3, 0.4) is 0 Å². The van der Waals surface area contributed by atoms with E-state index < -0.39 is 0 Å². The van der Waals surface area contributed by atoms with Crippen molar-refractivity contribution in [2.75, 3.05) is 0 Å². The van der Waals surface area contributed by atoms with Gasteiger partial charge in [0.25, 0.3) is 0 Å². The molecule has 0 saturated heterocycles. The summed E-state index contributed by atoms with van der Waals surface area (Å²) in [5.41, 5.74) is 0. The Labute approximate surface area is 94.5 Å². The van der Waals surface area contributed by atoms with Gasteiger partial charge in [0.1, 0.15) is 0 Å². The predicted molar refractivity (Wildman–Crippen MR) is 73.0 cm³/mol. The molecule has 1 unspecified atom stereocenters. The minimum absolute atomic E-state index is 0.866. The van der Waals surface area contributed by atoms with E-state index in [1.807, 2.05) is 27.7 Å². The number of hydrogen-bond donors (Lipinski definition) is 0. The average Bonchev–Trinajstić information content (AvgIpc) is 2.23. The van der Waals surface area contributed by atoms with E-state index in [1.165, 1.54) is 12.8 Å². The van der Waals surface area contributed by atoms with Crippen LogP contribution in [-0.4, -0.2) is 0 Å². The standard InChI is InChI=1S/C7H16.C3H8.2C2H6/c1-5-7(4)6(2)3;1-3-2;2*1-2/h6-7H,5H2,1-4H3;3H2,1-2H3;2*1-2H3. The maximum absolute atomic E-state index is 2.30. The van der Waals surface area contributed by atoms with Crippen LogP contribution < -0.4 is 0 Å². The van der Waals surface area contributed by atoms with Crippen LogP contribution in [0, 0.1) is 11.8 Å². The third-order valence-electron chi connectivity index (χ3n) is 1.78. The lowest BCUT2D eigenvalue weighted by atomic mass is 9.96. The first-order chi connectivity index (χ1) is 6.59. The van der Waals surface area contributed by atoms with Crippen LogP contribution in [-0.2, 0) is 0 Å². The fraction of sp³-hybridized carbons (Fsp3) is 1.00. The molecule has 0 aliphatic heterocycles. The van der Waals surface area contributed by atoms with Gasteiger partial charge in [-0.25, -0.2) is 0 Å². The molecule has 0 aliphatic carbocycles. The summed E-state index contributed by atoms with van der Waals surface area (Å²) in [6.07, 6.45) is 2.57. The highest BCUT2D eigenvalue weighted by Crippen LogP contribution is 2.11. The van der Waals surface area contributed by atoms with Gasteiger partial charge in [-0.2, -0.15) is 0 Å². The number of hydrogen-bond acceptors (Lipinski definition) is 0. The van der Waals surface area contributed by atoms with E-state index in [0.717, 1.165) is 11.8 Å². The molecule has 0 radical (unpaired) electrons. The zero-order chi connectivity index (χ0) is 12.6. The quantitative estimate of drug-likeness (QED) is 0.505. The second-order valence-electron chi connectivity index (χ2n) is 3.34. The predicted octanol–water partition coefficient (Wildman–Crippen LogP) is 6.16. The van der Waals surface area contributed by atoms with Gasteiger partial charge in [0.05, 0.1) is 0 Å². The van der Waals surface area contributed by atoms with E-state index in [0.29, 0.717) is 0 Å². The molecule has 0 aromatic heterocycles. The molecule has 0 saturated carbocycles. The third kappa shape index (κ3) is 40.3. The smallest absolute Gasteiger partial charge is 0.0422 e. The molecule has 14 heavy (non-hydrogen) atoms. The maximum Gasteiger partial charge on any atom is -0.0422 e. The second kappa shape index (κ2) is 29.2. The van der Waals surface area contributed by atoms with Gasteiger partial charge < -0.3 is 0 Å². The first-order valence-electron chi connectivity index (χ1n) is 6.59. The lowest BCUT2D eigenvalue weighted by Gasteiger charge is -2.10. The van der Waals surface area contributed by atoms with Gasteiger partial charge in [-0.15, -0.1) is 0 Å². The van der Waals surface area contributed by atoms with Crippen LogP contribution in [0.1, 0.15) is 82.1 Å². The van der Waals surface area contributed by atoms with E-state index in [9.17, 15) is 0 Å². The zero-order valence-electron chi connectivity index (χ0n) is 12.6. The van der Waals surface area contributed by atoms with E-state index in [1.54, 1.807) is 0 Å². The molecule has 0 aromatic carbocycles. The fourth-order valence-electron chi connectivity index (χ4n) is 0.471. The first-order valence-corrected chi connectivity index (χ1v) is 6.59. The van der Waals surface area contributed by atoms with Crippen LogP contribution in [0.4, 0.5) is 0 Å².